The van der Waals surface area contributed by atoms with E-state index < -0.39 is 25.8 Å². The van der Waals surface area contributed by atoms with Gasteiger partial charge >= 0.3 is 0 Å². The number of nitrogens with zero attached hydrogens (tertiary/aromatic N) is 3. The van der Waals surface area contributed by atoms with Crippen molar-refractivity contribution in [3.63, 3.8) is 0 Å². The van der Waals surface area contributed by atoms with Crippen LogP contribution in [0.4, 0.5) is 0 Å². The largest absolute Gasteiger partial charge is 0.319 e. The Kier molecular flexibility index (Phi) is 6.58. The number of sulfone groups is 1. The van der Waals surface area contributed by atoms with E-state index in [0.717, 1.165) is 18.2 Å². The molecule has 1 aromatic heterocycles. The summed E-state index contributed by atoms with van der Waals surface area (Å²) in [4.78, 5) is 17.8. The van der Waals surface area contributed by atoms with Crippen molar-refractivity contribution < 1.29 is 21.6 Å². The van der Waals surface area contributed by atoms with Gasteiger partial charge in [0.25, 0.3) is 5.91 Å². The van der Waals surface area contributed by atoms with E-state index in [1.165, 1.54) is 46.0 Å². The maximum Gasteiger partial charge on any atom is 0.279 e. The number of carbonyl (C=O) groups excluding carboxylic acids is 1. The molecule has 1 aliphatic heterocycles. The summed E-state index contributed by atoms with van der Waals surface area (Å²) in [7, 11) is -5.23. The molecule has 1 aliphatic rings. The van der Waals surface area contributed by atoms with Gasteiger partial charge in [-0.2, -0.15) is 9.30 Å². The van der Waals surface area contributed by atoms with Gasteiger partial charge in [0.1, 0.15) is 0 Å². The highest BCUT2D eigenvalue weighted by molar-refractivity contribution is 7.90. The van der Waals surface area contributed by atoms with Gasteiger partial charge < -0.3 is 4.57 Å². The molecule has 0 unspecified atom stereocenters. The monoisotopic (exact) mass is 521 g/mol. The van der Waals surface area contributed by atoms with Crippen LogP contribution in [0.5, 0.6) is 0 Å². The van der Waals surface area contributed by atoms with E-state index >= 15 is 0 Å². The van der Waals surface area contributed by atoms with E-state index in [-0.39, 0.29) is 15.4 Å². The standard InChI is InChI=1S/C23H27N3O5S3/c1-15-11-16(2)14-26(13-15)34(30,31)18-7-5-17(6-8-18)22(27)24-23-25(3)20-10-9-19(33(4,28)29)12-21(20)32-23/h5-10,12,15-16H,11,13-14H2,1-4H3/t15-,16+. The molecule has 3 aromatic rings. The van der Waals surface area contributed by atoms with Crippen molar-refractivity contribution in [1.82, 2.24) is 8.87 Å². The number of rotatable bonds is 4. The highest BCUT2D eigenvalue weighted by Gasteiger charge is 2.31. The molecular formula is C23H27N3O5S3. The maximum atomic E-state index is 13.1. The van der Waals surface area contributed by atoms with Gasteiger partial charge in [-0.05, 0) is 60.7 Å². The summed E-state index contributed by atoms with van der Waals surface area (Å²) in [5.74, 6) is 0.0946. The van der Waals surface area contributed by atoms with E-state index in [2.05, 4.69) is 18.8 Å². The number of sulfonamides is 1. The summed E-state index contributed by atoms with van der Waals surface area (Å²) in [6, 6.07) is 10.6. The Morgan fingerprint density at radius 1 is 0.971 bits per heavy atom. The van der Waals surface area contributed by atoms with Crippen LogP contribution in [-0.4, -0.2) is 51.0 Å². The zero-order chi connectivity index (χ0) is 24.8. The smallest absolute Gasteiger partial charge is 0.279 e. The summed E-state index contributed by atoms with van der Waals surface area (Å²) in [6.45, 7) is 5.09. The highest BCUT2D eigenvalue weighted by Crippen LogP contribution is 2.27. The van der Waals surface area contributed by atoms with Crippen molar-refractivity contribution in [3.05, 3.63) is 52.8 Å². The Bertz CT molecular complexity index is 1520. The molecule has 4 rings (SSSR count). The van der Waals surface area contributed by atoms with Crippen LogP contribution in [-0.2, 0) is 26.9 Å². The molecule has 0 spiro atoms. The van der Waals surface area contributed by atoms with E-state index in [9.17, 15) is 21.6 Å². The Hall–Kier alpha value is -2.34. The number of amides is 1. The Morgan fingerprint density at radius 3 is 2.15 bits per heavy atom. The van der Waals surface area contributed by atoms with Crippen molar-refractivity contribution in [2.75, 3.05) is 19.3 Å². The van der Waals surface area contributed by atoms with Crippen molar-refractivity contribution in [2.24, 2.45) is 23.9 Å². The molecule has 0 bridgehead atoms. The summed E-state index contributed by atoms with van der Waals surface area (Å²) in [5, 5.41) is 0. The molecule has 0 radical (unpaired) electrons. The maximum absolute atomic E-state index is 13.1. The molecule has 2 aromatic carbocycles. The number of hydrogen-bond acceptors (Lipinski definition) is 6. The molecule has 8 nitrogen and oxygen atoms in total. The molecule has 0 aliphatic carbocycles. The van der Waals surface area contributed by atoms with Crippen LogP contribution < -0.4 is 4.80 Å². The predicted octanol–water partition coefficient (Wildman–Crippen LogP) is 3.05. The average Bonchev–Trinajstić information content (AvgIpc) is 3.07. The average molecular weight is 522 g/mol. The van der Waals surface area contributed by atoms with Crippen LogP contribution in [0.15, 0.2) is 57.2 Å². The lowest BCUT2D eigenvalue weighted by Gasteiger charge is -2.34. The number of thiazole rings is 1. The Labute approximate surface area is 203 Å². The lowest BCUT2D eigenvalue weighted by molar-refractivity contribution is 0.0998. The second-order valence-corrected chi connectivity index (χ2v) is 14.0. The van der Waals surface area contributed by atoms with Gasteiger partial charge in [0.2, 0.25) is 10.0 Å². The Balaban J connectivity index is 1.62. The molecule has 1 amide bonds. The van der Waals surface area contributed by atoms with Crippen molar-refractivity contribution in [1.29, 1.82) is 0 Å². The SMILES string of the molecule is C[C@@H]1C[C@H](C)CN(S(=O)(=O)c2ccc(C(=O)N=c3sc4cc(S(C)(=O)=O)ccc4n3C)cc2)C1. The number of aryl methyl sites for hydroxylation is 1. The minimum absolute atomic E-state index is 0.158. The van der Waals surface area contributed by atoms with Gasteiger partial charge in [-0.3, -0.25) is 4.79 Å². The van der Waals surface area contributed by atoms with Gasteiger partial charge in [0.15, 0.2) is 14.6 Å². The predicted molar refractivity (Wildman–Crippen MR) is 132 cm³/mol. The minimum atomic E-state index is -3.63. The second-order valence-electron chi connectivity index (χ2n) is 9.05. The van der Waals surface area contributed by atoms with Gasteiger partial charge in [0, 0.05) is 32.0 Å². The fourth-order valence-corrected chi connectivity index (χ4v) is 7.78. The number of hydrogen-bond donors (Lipinski definition) is 0. The van der Waals surface area contributed by atoms with Gasteiger partial charge in [-0.15, -0.1) is 0 Å². The van der Waals surface area contributed by atoms with Crippen molar-refractivity contribution in [3.8, 4) is 0 Å². The first kappa shape index (κ1) is 24.8. The first-order valence-corrected chi connectivity index (χ1v) is 15.0. The number of carbonyl (C=O) groups is 1. The van der Waals surface area contributed by atoms with E-state index in [0.29, 0.717) is 34.4 Å². The minimum Gasteiger partial charge on any atom is -0.319 e. The first-order chi connectivity index (χ1) is 15.9. The molecule has 0 N–H and O–H groups in total. The third kappa shape index (κ3) is 4.88. The molecular weight excluding hydrogens is 494 g/mol. The van der Waals surface area contributed by atoms with Crippen LogP contribution in [0.3, 0.4) is 0 Å². The molecule has 2 atom stereocenters. The fourth-order valence-electron chi connectivity index (χ4n) is 4.32. The van der Waals surface area contributed by atoms with Gasteiger partial charge in [-0.1, -0.05) is 25.2 Å². The first-order valence-electron chi connectivity index (χ1n) is 10.8. The third-order valence-electron chi connectivity index (χ3n) is 5.98. The third-order valence-corrected chi connectivity index (χ3v) is 10.0. The Morgan fingerprint density at radius 2 is 1.56 bits per heavy atom. The highest BCUT2D eigenvalue weighted by atomic mass is 32.2. The lowest BCUT2D eigenvalue weighted by Crippen LogP contribution is -2.42. The van der Waals surface area contributed by atoms with Crippen LogP contribution in [0.2, 0.25) is 0 Å². The number of fused-ring (bicyclic) bond motifs is 1. The fraction of sp³-hybridized carbons (Fsp3) is 0.391. The molecule has 1 saturated heterocycles. The summed E-state index contributed by atoms with van der Waals surface area (Å²) in [6.07, 6.45) is 2.15. The van der Waals surface area contributed by atoms with Crippen LogP contribution in [0.1, 0.15) is 30.6 Å². The molecule has 1 fully saturated rings. The molecule has 0 saturated carbocycles. The van der Waals surface area contributed by atoms with Crippen LogP contribution >= 0.6 is 11.3 Å². The van der Waals surface area contributed by atoms with Gasteiger partial charge in [0.05, 0.1) is 20.0 Å². The zero-order valence-corrected chi connectivity index (χ0v) is 21.9. The van der Waals surface area contributed by atoms with E-state index in [4.69, 9.17) is 0 Å². The summed E-state index contributed by atoms with van der Waals surface area (Å²) < 4.78 is 53.7. The van der Waals surface area contributed by atoms with Crippen LogP contribution in [0, 0.1) is 11.8 Å². The summed E-state index contributed by atoms with van der Waals surface area (Å²) >= 11 is 1.21. The summed E-state index contributed by atoms with van der Waals surface area (Å²) in [5.41, 5.74) is 1.03. The molecule has 2 heterocycles. The number of piperidine rings is 1. The molecule has 34 heavy (non-hydrogen) atoms. The molecule has 182 valence electrons. The van der Waals surface area contributed by atoms with E-state index in [1.54, 1.807) is 23.7 Å². The van der Waals surface area contributed by atoms with Crippen LogP contribution in [0.25, 0.3) is 10.2 Å². The lowest BCUT2D eigenvalue weighted by atomic mass is 9.94. The quantitative estimate of drug-likeness (QED) is 0.525. The van der Waals surface area contributed by atoms with E-state index in [1.807, 2.05) is 0 Å². The van der Waals surface area contributed by atoms with Gasteiger partial charge in [-0.25, -0.2) is 16.8 Å². The van der Waals surface area contributed by atoms with Crippen molar-refractivity contribution in [2.45, 2.75) is 30.1 Å². The second kappa shape index (κ2) is 9.03. The molecule has 11 heteroatoms. The number of aromatic nitrogens is 1. The topological polar surface area (TPSA) is 106 Å². The zero-order valence-electron chi connectivity index (χ0n) is 19.4. The normalized spacial score (nSPS) is 20.6. The number of benzene rings is 2. The van der Waals surface area contributed by atoms with Crippen molar-refractivity contribution >= 4 is 47.3 Å².